The number of benzene rings is 1. The molecule has 0 aliphatic carbocycles. The predicted molar refractivity (Wildman–Crippen MR) is 118 cm³/mol. The summed E-state index contributed by atoms with van der Waals surface area (Å²) in [6, 6.07) is 7.73. The Kier molecular flexibility index (Phi) is 6.06. The molecule has 0 radical (unpaired) electrons. The molecule has 0 aliphatic heterocycles. The smallest absolute Gasteiger partial charge is 0.273 e. The van der Waals surface area contributed by atoms with Gasteiger partial charge in [-0.1, -0.05) is 5.16 Å². The monoisotopic (exact) mass is 465 g/mol. The average molecular weight is 465 g/mol. The molecule has 8 nitrogen and oxygen atoms in total. The molecule has 1 N–H and O–H groups in total. The van der Waals surface area contributed by atoms with Crippen molar-refractivity contribution in [2.45, 2.75) is 19.3 Å². The zero-order chi connectivity index (χ0) is 24.5. The van der Waals surface area contributed by atoms with E-state index in [0.717, 1.165) is 17.7 Å². The summed E-state index contributed by atoms with van der Waals surface area (Å²) in [4.78, 5) is 28.9. The number of halogens is 2. The van der Waals surface area contributed by atoms with Gasteiger partial charge in [0.25, 0.3) is 5.91 Å². The van der Waals surface area contributed by atoms with Gasteiger partial charge in [-0.15, -0.1) is 0 Å². The fraction of sp³-hybridized carbons (Fsp3) is 0.208. The molecule has 1 unspecified atom stereocenters. The van der Waals surface area contributed by atoms with Crippen molar-refractivity contribution in [2.75, 3.05) is 6.54 Å². The molecule has 1 amide bonds. The molecule has 3 aromatic heterocycles. The molecular formula is C24H21F2N5O3. The van der Waals surface area contributed by atoms with Gasteiger partial charge in [-0.25, -0.2) is 8.78 Å². The van der Waals surface area contributed by atoms with Gasteiger partial charge in [-0.3, -0.25) is 19.3 Å². The summed E-state index contributed by atoms with van der Waals surface area (Å²) in [5, 5.41) is 10.8. The van der Waals surface area contributed by atoms with Gasteiger partial charge < -0.3 is 9.84 Å². The highest BCUT2D eigenvalue weighted by Gasteiger charge is 2.33. The summed E-state index contributed by atoms with van der Waals surface area (Å²) in [7, 11) is 1.78. The normalized spacial score (nSPS) is 12.9. The maximum absolute atomic E-state index is 14.0. The number of carbonyl (C=O) groups excluding carboxylic acids is 2. The summed E-state index contributed by atoms with van der Waals surface area (Å²) in [6.45, 7) is 3.47. The molecule has 0 aliphatic rings. The molecule has 0 spiro atoms. The van der Waals surface area contributed by atoms with Crippen molar-refractivity contribution in [3.63, 3.8) is 0 Å². The number of hydrogen-bond donors (Lipinski definition) is 1. The Bertz CT molecular complexity index is 1360. The number of nitrogens with zero attached hydrogens (tertiary/aromatic N) is 4. The summed E-state index contributed by atoms with van der Waals surface area (Å²) in [5.74, 6) is -2.20. The van der Waals surface area contributed by atoms with Crippen LogP contribution >= 0.6 is 0 Å². The molecule has 0 bridgehead atoms. The number of hydrogen-bond acceptors (Lipinski definition) is 6. The SMILES string of the molecule is CC(=O)c1ccc(C(C)(CNC(=O)c2cc(-c3ccc(F)cc3F)on2)c2cnn(C)c2)nc1. The Morgan fingerprint density at radius 3 is 2.56 bits per heavy atom. The number of carbonyl (C=O) groups is 2. The number of aryl methyl sites for hydroxylation is 1. The van der Waals surface area contributed by atoms with Crippen molar-refractivity contribution in [1.82, 2.24) is 25.2 Å². The summed E-state index contributed by atoms with van der Waals surface area (Å²) < 4.78 is 34.0. The Hall–Kier alpha value is -4.21. The number of nitrogens with one attached hydrogen (secondary N) is 1. The molecule has 0 saturated carbocycles. The zero-order valence-corrected chi connectivity index (χ0v) is 18.7. The molecule has 34 heavy (non-hydrogen) atoms. The van der Waals surface area contributed by atoms with Crippen LogP contribution in [0.5, 0.6) is 0 Å². The van der Waals surface area contributed by atoms with E-state index < -0.39 is 23.0 Å². The minimum Gasteiger partial charge on any atom is -0.355 e. The van der Waals surface area contributed by atoms with Gasteiger partial charge in [0.15, 0.2) is 17.2 Å². The van der Waals surface area contributed by atoms with Crippen molar-refractivity contribution >= 4 is 11.7 Å². The number of amides is 1. The molecule has 1 aromatic carbocycles. The van der Waals surface area contributed by atoms with Crippen LogP contribution in [0.25, 0.3) is 11.3 Å². The van der Waals surface area contributed by atoms with E-state index in [0.29, 0.717) is 11.3 Å². The van der Waals surface area contributed by atoms with E-state index >= 15 is 0 Å². The van der Waals surface area contributed by atoms with E-state index in [1.54, 1.807) is 30.1 Å². The van der Waals surface area contributed by atoms with E-state index in [2.05, 4.69) is 20.6 Å². The fourth-order valence-electron chi connectivity index (χ4n) is 3.52. The first kappa shape index (κ1) is 23.0. The van der Waals surface area contributed by atoms with Crippen molar-refractivity contribution in [3.8, 4) is 11.3 Å². The third kappa shape index (κ3) is 4.47. The van der Waals surface area contributed by atoms with Gasteiger partial charge in [0, 0.05) is 49.2 Å². The van der Waals surface area contributed by atoms with Crippen molar-refractivity contribution in [2.24, 2.45) is 7.05 Å². The Labute approximate surface area is 193 Å². The minimum atomic E-state index is -0.827. The lowest BCUT2D eigenvalue weighted by Gasteiger charge is -2.28. The van der Waals surface area contributed by atoms with Crippen molar-refractivity contribution in [1.29, 1.82) is 0 Å². The molecule has 4 rings (SSSR count). The van der Waals surface area contributed by atoms with Crippen LogP contribution in [0.15, 0.2) is 59.5 Å². The molecule has 0 saturated heterocycles. The highest BCUT2D eigenvalue weighted by Crippen LogP contribution is 2.30. The highest BCUT2D eigenvalue weighted by molar-refractivity contribution is 5.94. The van der Waals surface area contributed by atoms with Crippen LogP contribution in [-0.2, 0) is 12.5 Å². The second-order valence-electron chi connectivity index (χ2n) is 8.11. The van der Waals surface area contributed by atoms with Gasteiger partial charge >= 0.3 is 0 Å². The van der Waals surface area contributed by atoms with Crippen LogP contribution < -0.4 is 5.32 Å². The second kappa shape index (κ2) is 8.97. The van der Waals surface area contributed by atoms with E-state index in [1.165, 1.54) is 25.3 Å². The molecule has 174 valence electrons. The Morgan fingerprint density at radius 2 is 1.94 bits per heavy atom. The second-order valence-corrected chi connectivity index (χ2v) is 8.11. The predicted octanol–water partition coefficient (Wildman–Crippen LogP) is 3.69. The maximum atomic E-state index is 14.0. The van der Waals surface area contributed by atoms with Gasteiger partial charge in [-0.05, 0) is 38.1 Å². The van der Waals surface area contributed by atoms with Crippen LogP contribution in [0.3, 0.4) is 0 Å². The number of aromatic nitrogens is 4. The lowest BCUT2D eigenvalue weighted by Crippen LogP contribution is -2.40. The largest absolute Gasteiger partial charge is 0.355 e. The lowest BCUT2D eigenvalue weighted by atomic mass is 9.80. The standard InChI is InChI=1S/C24H21F2N5O3/c1-14(32)15-4-7-22(27-10-15)24(2,16-11-29-31(3)12-16)13-28-23(33)20-9-21(34-30-20)18-6-5-17(25)8-19(18)26/h4-12H,13H2,1-3H3,(H,28,33). The fourth-order valence-corrected chi connectivity index (χ4v) is 3.52. The topological polar surface area (TPSA) is 103 Å². The van der Waals surface area contributed by atoms with Crippen LogP contribution in [0.2, 0.25) is 0 Å². The average Bonchev–Trinajstić information content (AvgIpc) is 3.47. The molecule has 4 aromatic rings. The van der Waals surface area contributed by atoms with Crippen LogP contribution in [0.4, 0.5) is 8.78 Å². The number of pyridine rings is 1. The molecule has 3 heterocycles. The molecule has 1 atom stereocenters. The first-order chi connectivity index (χ1) is 16.2. The number of ketones is 1. The molecular weight excluding hydrogens is 444 g/mol. The first-order valence-corrected chi connectivity index (χ1v) is 10.3. The van der Waals surface area contributed by atoms with Gasteiger partial charge in [-0.2, -0.15) is 5.10 Å². The first-order valence-electron chi connectivity index (χ1n) is 10.3. The lowest BCUT2D eigenvalue weighted by molar-refractivity contribution is 0.0937. The van der Waals surface area contributed by atoms with Crippen molar-refractivity contribution in [3.05, 3.63) is 89.1 Å². The van der Waals surface area contributed by atoms with Gasteiger partial charge in [0.05, 0.1) is 22.9 Å². The maximum Gasteiger partial charge on any atom is 0.273 e. The number of Topliss-reactive ketones (excluding diaryl/α,β-unsaturated/α-hetero) is 1. The van der Waals surface area contributed by atoms with E-state index in [-0.39, 0.29) is 29.3 Å². The molecule has 10 heteroatoms. The van der Waals surface area contributed by atoms with Crippen LogP contribution in [0, 0.1) is 11.6 Å². The van der Waals surface area contributed by atoms with Gasteiger partial charge in [0.2, 0.25) is 0 Å². The Morgan fingerprint density at radius 1 is 1.15 bits per heavy atom. The summed E-state index contributed by atoms with van der Waals surface area (Å²) in [6.07, 6.45) is 4.99. The minimum absolute atomic E-state index is 0.000778. The summed E-state index contributed by atoms with van der Waals surface area (Å²) >= 11 is 0. The number of rotatable bonds is 7. The van der Waals surface area contributed by atoms with E-state index in [9.17, 15) is 18.4 Å². The van der Waals surface area contributed by atoms with Gasteiger partial charge in [0.1, 0.15) is 11.6 Å². The zero-order valence-electron chi connectivity index (χ0n) is 18.7. The Balaban J connectivity index is 1.58. The third-order valence-electron chi connectivity index (χ3n) is 5.62. The highest BCUT2D eigenvalue weighted by atomic mass is 19.1. The van der Waals surface area contributed by atoms with E-state index in [4.69, 9.17) is 4.52 Å². The summed E-state index contributed by atoms with van der Waals surface area (Å²) in [5.41, 5.74) is 1.04. The molecule has 0 fully saturated rings. The van der Waals surface area contributed by atoms with Crippen LogP contribution in [-0.4, -0.2) is 38.2 Å². The van der Waals surface area contributed by atoms with E-state index in [1.807, 2.05) is 13.1 Å². The van der Waals surface area contributed by atoms with Crippen LogP contribution in [0.1, 0.15) is 46.0 Å². The van der Waals surface area contributed by atoms with Crippen molar-refractivity contribution < 1.29 is 22.9 Å². The third-order valence-corrected chi connectivity index (χ3v) is 5.62. The quantitative estimate of drug-likeness (QED) is 0.418.